The summed E-state index contributed by atoms with van der Waals surface area (Å²) in [6, 6.07) is 7.27. The largest absolute Gasteiger partial charge is 0.493 e. The Bertz CT molecular complexity index is 703. The van der Waals surface area contributed by atoms with Gasteiger partial charge in [-0.2, -0.15) is 5.10 Å². The number of rotatable bonds is 10. The number of nitrogens with one attached hydrogen (secondary N) is 2. The molecule has 8 nitrogen and oxygen atoms in total. The number of aliphatic hydroxyl groups excluding tert-OH is 1. The quantitative estimate of drug-likeness (QED) is 0.332. The molecule has 2 aromatic rings. The van der Waals surface area contributed by atoms with Crippen LogP contribution >= 0.6 is 0 Å². The molecule has 0 amide bonds. The molecule has 1 aromatic carbocycles. The normalized spacial score (nSPS) is 12.5. The molecule has 0 radical (unpaired) electrons. The monoisotopic (exact) mass is 375 g/mol. The lowest BCUT2D eigenvalue weighted by Gasteiger charge is -2.15. The van der Waals surface area contributed by atoms with E-state index in [4.69, 9.17) is 9.47 Å². The van der Waals surface area contributed by atoms with E-state index in [-0.39, 0.29) is 6.54 Å². The molecule has 0 spiro atoms. The van der Waals surface area contributed by atoms with Crippen LogP contribution < -0.4 is 20.1 Å². The van der Waals surface area contributed by atoms with Gasteiger partial charge in [-0.1, -0.05) is 6.07 Å². The van der Waals surface area contributed by atoms with Gasteiger partial charge in [0.2, 0.25) is 0 Å². The standard InChI is InChI=1S/C19H29N5O3/c1-4-20-19(21-9-5-11-24-12-6-10-23-24)22-14-16(25)15-7-8-17(26-2)18(13-15)27-3/h6-8,10,12-13,16,25H,4-5,9,11,14H2,1-3H3,(H2,20,21,22). The number of aromatic nitrogens is 2. The molecular formula is C19H29N5O3. The molecule has 0 bridgehead atoms. The van der Waals surface area contributed by atoms with Crippen LogP contribution in [0, 0.1) is 0 Å². The lowest BCUT2D eigenvalue weighted by atomic mass is 10.1. The van der Waals surface area contributed by atoms with Crippen LogP contribution in [0.3, 0.4) is 0 Å². The van der Waals surface area contributed by atoms with E-state index < -0.39 is 6.10 Å². The summed E-state index contributed by atoms with van der Waals surface area (Å²) in [5.41, 5.74) is 0.728. The van der Waals surface area contributed by atoms with Crippen molar-refractivity contribution in [3.63, 3.8) is 0 Å². The molecule has 2 rings (SSSR count). The zero-order valence-corrected chi connectivity index (χ0v) is 16.2. The van der Waals surface area contributed by atoms with Gasteiger partial charge in [0.1, 0.15) is 0 Å². The van der Waals surface area contributed by atoms with E-state index in [0.717, 1.165) is 31.6 Å². The number of nitrogens with zero attached hydrogens (tertiary/aromatic N) is 3. The van der Waals surface area contributed by atoms with E-state index in [0.29, 0.717) is 17.5 Å². The number of aliphatic imine (C=N–C) groups is 1. The molecule has 1 aromatic heterocycles. The lowest BCUT2D eigenvalue weighted by Crippen LogP contribution is -2.38. The third-order valence-electron chi connectivity index (χ3n) is 3.97. The summed E-state index contributed by atoms with van der Waals surface area (Å²) in [4.78, 5) is 4.47. The smallest absolute Gasteiger partial charge is 0.191 e. The first-order valence-corrected chi connectivity index (χ1v) is 9.07. The minimum Gasteiger partial charge on any atom is -0.493 e. The minimum absolute atomic E-state index is 0.240. The summed E-state index contributed by atoms with van der Waals surface area (Å²) in [5.74, 6) is 1.89. The van der Waals surface area contributed by atoms with Gasteiger partial charge in [0.05, 0.1) is 26.9 Å². The molecule has 0 fully saturated rings. The van der Waals surface area contributed by atoms with Crippen molar-refractivity contribution in [2.45, 2.75) is 26.0 Å². The SMILES string of the molecule is CCNC(=NCC(O)c1ccc(OC)c(OC)c1)NCCCn1cccn1. The highest BCUT2D eigenvalue weighted by Crippen LogP contribution is 2.29. The zero-order chi connectivity index (χ0) is 19.5. The van der Waals surface area contributed by atoms with E-state index in [1.807, 2.05) is 29.9 Å². The molecule has 0 aliphatic rings. The van der Waals surface area contributed by atoms with E-state index in [2.05, 4.69) is 20.7 Å². The van der Waals surface area contributed by atoms with Gasteiger partial charge >= 0.3 is 0 Å². The Labute approximate surface area is 160 Å². The summed E-state index contributed by atoms with van der Waals surface area (Å²) < 4.78 is 12.4. The van der Waals surface area contributed by atoms with Gasteiger partial charge in [-0.05, 0) is 37.1 Å². The van der Waals surface area contributed by atoms with Crippen molar-refractivity contribution in [2.75, 3.05) is 33.9 Å². The molecule has 8 heteroatoms. The Morgan fingerprint density at radius 2 is 2.07 bits per heavy atom. The van der Waals surface area contributed by atoms with Crippen LogP contribution in [0.25, 0.3) is 0 Å². The number of benzene rings is 1. The second-order valence-electron chi connectivity index (χ2n) is 5.90. The topological polar surface area (TPSA) is 92.9 Å². The number of aliphatic hydroxyl groups is 1. The molecule has 27 heavy (non-hydrogen) atoms. The maximum absolute atomic E-state index is 10.4. The third kappa shape index (κ3) is 6.49. The second-order valence-corrected chi connectivity index (χ2v) is 5.90. The predicted octanol–water partition coefficient (Wildman–Crippen LogP) is 1.58. The van der Waals surface area contributed by atoms with Crippen LogP contribution in [0.4, 0.5) is 0 Å². The average Bonchev–Trinajstić information content (AvgIpc) is 3.21. The van der Waals surface area contributed by atoms with Crippen molar-refractivity contribution in [1.29, 1.82) is 0 Å². The van der Waals surface area contributed by atoms with E-state index in [1.165, 1.54) is 0 Å². The van der Waals surface area contributed by atoms with Crippen molar-refractivity contribution >= 4 is 5.96 Å². The Balaban J connectivity index is 1.88. The van der Waals surface area contributed by atoms with E-state index in [1.54, 1.807) is 32.5 Å². The first kappa shape index (κ1) is 20.6. The van der Waals surface area contributed by atoms with Gasteiger partial charge in [0, 0.05) is 32.0 Å². The highest BCUT2D eigenvalue weighted by atomic mass is 16.5. The fourth-order valence-corrected chi connectivity index (χ4v) is 2.57. The van der Waals surface area contributed by atoms with E-state index in [9.17, 15) is 5.11 Å². The van der Waals surface area contributed by atoms with Crippen molar-refractivity contribution in [3.8, 4) is 11.5 Å². The van der Waals surface area contributed by atoms with Crippen LogP contribution in [0.1, 0.15) is 25.0 Å². The number of hydrogen-bond donors (Lipinski definition) is 3. The molecule has 1 unspecified atom stereocenters. The van der Waals surface area contributed by atoms with Crippen LogP contribution in [-0.4, -0.2) is 54.7 Å². The molecule has 1 atom stereocenters. The maximum Gasteiger partial charge on any atom is 0.191 e. The summed E-state index contributed by atoms with van der Waals surface area (Å²) in [5, 5.41) is 21.1. The van der Waals surface area contributed by atoms with Gasteiger partial charge in [0.15, 0.2) is 17.5 Å². The highest BCUT2D eigenvalue weighted by Gasteiger charge is 2.12. The Kier molecular flexibility index (Phi) is 8.44. The number of hydrogen-bond acceptors (Lipinski definition) is 5. The zero-order valence-electron chi connectivity index (χ0n) is 16.2. The molecule has 1 heterocycles. The first-order chi connectivity index (χ1) is 13.2. The van der Waals surface area contributed by atoms with Crippen molar-refractivity contribution in [1.82, 2.24) is 20.4 Å². The first-order valence-electron chi connectivity index (χ1n) is 9.07. The summed E-state index contributed by atoms with van der Waals surface area (Å²) in [7, 11) is 3.15. The molecule has 148 valence electrons. The van der Waals surface area contributed by atoms with Crippen LogP contribution in [0.2, 0.25) is 0 Å². The van der Waals surface area contributed by atoms with Crippen molar-refractivity contribution in [2.24, 2.45) is 4.99 Å². The van der Waals surface area contributed by atoms with Gasteiger partial charge in [-0.25, -0.2) is 0 Å². The Morgan fingerprint density at radius 3 is 2.74 bits per heavy atom. The fraction of sp³-hybridized carbons (Fsp3) is 0.474. The van der Waals surface area contributed by atoms with E-state index >= 15 is 0 Å². The van der Waals surface area contributed by atoms with Gasteiger partial charge < -0.3 is 25.2 Å². The molecular weight excluding hydrogens is 346 g/mol. The minimum atomic E-state index is -0.732. The van der Waals surface area contributed by atoms with Crippen LogP contribution in [0.15, 0.2) is 41.7 Å². The third-order valence-corrected chi connectivity index (χ3v) is 3.97. The predicted molar refractivity (Wildman–Crippen MR) is 105 cm³/mol. The summed E-state index contributed by atoms with van der Waals surface area (Å²) in [6.07, 6.45) is 3.90. The van der Waals surface area contributed by atoms with Gasteiger partial charge in [-0.15, -0.1) is 0 Å². The fourth-order valence-electron chi connectivity index (χ4n) is 2.57. The van der Waals surface area contributed by atoms with Crippen molar-refractivity contribution < 1.29 is 14.6 Å². The number of methoxy groups -OCH3 is 2. The Hall–Kier alpha value is -2.74. The highest BCUT2D eigenvalue weighted by molar-refractivity contribution is 5.79. The van der Waals surface area contributed by atoms with Crippen LogP contribution in [-0.2, 0) is 6.54 Å². The number of ether oxygens (including phenoxy) is 2. The van der Waals surface area contributed by atoms with Gasteiger partial charge in [-0.3, -0.25) is 9.67 Å². The Morgan fingerprint density at radius 1 is 1.26 bits per heavy atom. The molecule has 0 saturated carbocycles. The van der Waals surface area contributed by atoms with Crippen LogP contribution in [0.5, 0.6) is 11.5 Å². The van der Waals surface area contributed by atoms with Crippen molar-refractivity contribution in [3.05, 3.63) is 42.2 Å². The molecule has 0 aliphatic carbocycles. The summed E-state index contributed by atoms with van der Waals surface area (Å²) in [6.45, 7) is 4.60. The number of guanidine groups is 1. The summed E-state index contributed by atoms with van der Waals surface area (Å²) >= 11 is 0. The maximum atomic E-state index is 10.4. The average molecular weight is 375 g/mol. The van der Waals surface area contributed by atoms with Gasteiger partial charge in [0.25, 0.3) is 0 Å². The lowest BCUT2D eigenvalue weighted by molar-refractivity contribution is 0.186. The molecule has 0 saturated heterocycles. The second kappa shape index (κ2) is 11.1. The number of aryl methyl sites for hydroxylation is 1. The molecule has 3 N–H and O–H groups in total. The molecule has 0 aliphatic heterocycles.